The van der Waals surface area contributed by atoms with Crippen molar-refractivity contribution in [2.75, 3.05) is 19.5 Å². The van der Waals surface area contributed by atoms with E-state index in [1.165, 1.54) is 6.33 Å². The SMILES string of the molecule is COc1ccc(Nc2ncncc2I)cc1OC. The zero-order valence-electron chi connectivity index (χ0n) is 9.98. The van der Waals surface area contributed by atoms with E-state index >= 15 is 0 Å². The first-order valence-corrected chi connectivity index (χ1v) is 6.27. The number of halogens is 1. The predicted molar refractivity (Wildman–Crippen MR) is 77.6 cm³/mol. The highest BCUT2D eigenvalue weighted by Crippen LogP contribution is 2.31. The number of ether oxygens (including phenoxy) is 2. The fraction of sp³-hybridized carbons (Fsp3) is 0.167. The molecule has 0 radical (unpaired) electrons. The topological polar surface area (TPSA) is 56.3 Å². The minimum atomic E-state index is 0.673. The van der Waals surface area contributed by atoms with Gasteiger partial charge < -0.3 is 14.8 Å². The molecule has 0 saturated carbocycles. The number of hydrogen-bond donors (Lipinski definition) is 1. The molecule has 0 saturated heterocycles. The van der Waals surface area contributed by atoms with Crippen molar-refractivity contribution in [3.8, 4) is 11.5 Å². The van der Waals surface area contributed by atoms with Gasteiger partial charge in [0.05, 0.1) is 17.8 Å². The standard InChI is InChI=1S/C12H12IN3O2/c1-17-10-4-3-8(5-11(10)18-2)16-12-9(13)6-14-7-15-12/h3-7H,1-2H3,(H,14,15,16). The van der Waals surface area contributed by atoms with Crippen molar-refractivity contribution in [3.05, 3.63) is 34.3 Å². The van der Waals surface area contributed by atoms with Crippen LogP contribution in [-0.4, -0.2) is 24.2 Å². The largest absolute Gasteiger partial charge is 0.493 e. The molecule has 0 bridgehead atoms. The second-order valence-electron chi connectivity index (χ2n) is 3.41. The molecule has 0 aliphatic rings. The second kappa shape index (κ2) is 5.85. The summed E-state index contributed by atoms with van der Waals surface area (Å²) < 4.78 is 11.4. The highest BCUT2D eigenvalue weighted by molar-refractivity contribution is 14.1. The van der Waals surface area contributed by atoms with Crippen molar-refractivity contribution in [1.29, 1.82) is 0 Å². The predicted octanol–water partition coefficient (Wildman–Crippen LogP) is 2.84. The molecule has 0 unspecified atom stereocenters. The van der Waals surface area contributed by atoms with Gasteiger partial charge in [0.2, 0.25) is 0 Å². The Morgan fingerprint density at radius 1 is 1.17 bits per heavy atom. The fourth-order valence-electron chi connectivity index (χ4n) is 1.46. The Morgan fingerprint density at radius 3 is 2.61 bits per heavy atom. The Bertz CT molecular complexity index is 549. The lowest BCUT2D eigenvalue weighted by molar-refractivity contribution is 0.355. The van der Waals surface area contributed by atoms with Crippen molar-refractivity contribution in [1.82, 2.24) is 9.97 Å². The monoisotopic (exact) mass is 357 g/mol. The van der Waals surface area contributed by atoms with Crippen LogP contribution in [0.5, 0.6) is 11.5 Å². The molecule has 0 amide bonds. The molecule has 5 nitrogen and oxygen atoms in total. The molecule has 0 aliphatic carbocycles. The summed E-state index contributed by atoms with van der Waals surface area (Å²) in [6.07, 6.45) is 3.25. The van der Waals surface area contributed by atoms with Crippen LogP contribution >= 0.6 is 22.6 Å². The Hall–Kier alpha value is -1.57. The molecule has 1 aromatic carbocycles. The van der Waals surface area contributed by atoms with Crippen LogP contribution in [0.15, 0.2) is 30.7 Å². The molecule has 0 atom stereocenters. The van der Waals surface area contributed by atoms with Gasteiger partial charge in [-0.05, 0) is 34.7 Å². The maximum Gasteiger partial charge on any atom is 0.162 e. The van der Waals surface area contributed by atoms with Crippen LogP contribution < -0.4 is 14.8 Å². The Balaban J connectivity index is 2.27. The van der Waals surface area contributed by atoms with Crippen LogP contribution in [0, 0.1) is 3.57 Å². The maximum atomic E-state index is 5.25. The number of nitrogens with one attached hydrogen (secondary N) is 1. The third-order valence-corrected chi connectivity index (χ3v) is 3.10. The number of benzene rings is 1. The normalized spacial score (nSPS) is 9.94. The van der Waals surface area contributed by atoms with E-state index in [0.717, 1.165) is 15.1 Å². The first-order chi connectivity index (χ1) is 8.74. The van der Waals surface area contributed by atoms with Crippen molar-refractivity contribution in [3.63, 3.8) is 0 Å². The van der Waals surface area contributed by atoms with E-state index in [4.69, 9.17) is 9.47 Å². The van der Waals surface area contributed by atoms with E-state index in [0.29, 0.717) is 11.5 Å². The van der Waals surface area contributed by atoms with Crippen molar-refractivity contribution < 1.29 is 9.47 Å². The summed E-state index contributed by atoms with van der Waals surface area (Å²) >= 11 is 2.18. The van der Waals surface area contributed by atoms with Gasteiger partial charge in [-0.15, -0.1) is 0 Å². The maximum absolute atomic E-state index is 5.25. The number of aromatic nitrogens is 2. The van der Waals surface area contributed by atoms with Crippen LogP contribution in [0.3, 0.4) is 0 Å². The van der Waals surface area contributed by atoms with E-state index in [1.54, 1.807) is 20.4 Å². The lowest BCUT2D eigenvalue weighted by Gasteiger charge is -2.11. The average Bonchev–Trinajstić information content (AvgIpc) is 2.41. The molecule has 94 valence electrons. The first-order valence-electron chi connectivity index (χ1n) is 5.19. The lowest BCUT2D eigenvalue weighted by atomic mass is 10.2. The van der Waals surface area contributed by atoms with Crippen LogP contribution in [0.2, 0.25) is 0 Å². The van der Waals surface area contributed by atoms with E-state index in [1.807, 2.05) is 18.2 Å². The number of anilines is 2. The molecule has 0 spiro atoms. The van der Waals surface area contributed by atoms with Gasteiger partial charge in [0.15, 0.2) is 11.5 Å². The van der Waals surface area contributed by atoms with Gasteiger partial charge in [-0.2, -0.15) is 0 Å². The Morgan fingerprint density at radius 2 is 1.94 bits per heavy atom. The molecule has 1 N–H and O–H groups in total. The Kier molecular flexibility index (Phi) is 4.19. The van der Waals surface area contributed by atoms with Gasteiger partial charge in [0.1, 0.15) is 12.1 Å². The summed E-state index contributed by atoms with van der Waals surface area (Å²) in [6.45, 7) is 0. The molecular weight excluding hydrogens is 345 g/mol. The molecule has 0 aliphatic heterocycles. The minimum Gasteiger partial charge on any atom is -0.493 e. The second-order valence-corrected chi connectivity index (χ2v) is 4.58. The number of nitrogens with zero attached hydrogens (tertiary/aromatic N) is 2. The van der Waals surface area contributed by atoms with E-state index < -0.39 is 0 Å². The molecule has 1 heterocycles. The molecule has 18 heavy (non-hydrogen) atoms. The summed E-state index contributed by atoms with van der Waals surface area (Å²) in [4.78, 5) is 8.11. The van der Waals surface area contributed by atoms with Crippen LogP contribution in [-0.2, 0) is 0 Å². The van der Waals surface area contributed by atoms with Gasteiger partial charge >= 0.3 is 0 Å². The zero-order chi connectivity index (χ0) is 13.0. The third-order valence-electron chi connectivity index (χ3n) is 2.31. The van der Waals surface area contributed by atoms with Crippen LogP contribution in [0.25, 0.3) is 0 Å². The average molecular weight is 357 g/mol. The summed E-state index contributed by atoms with van der Waals surface area (Å²) in [5.41, 5.74) is 0.879. The minimum absolute atomic E-state index is 0.673. The van der Waals surface area contributed by atoms with Gasteiger partial charge in [0, 0.05) is 18.0 Å². The van der Waals surface area contributed by atoms with Crippen molar-refractivity contribution >= 4 is 34.1 Å². The molecule has 2 rings (SSSR count). The first kappa shape index (κ1) is 12.9. The van der Waals surface area contributed by atoms with Gasteiger partial charge in [-0.1, -0.05) is 0 Å². The fourth-order valence-corrected chi connectivity index (χ4v) is 1.89. The van der Waals surface area contributed by atoms with Gasteiger partial charge in [-0.25, -0.2) is 9.97 Å². The van der Waals surface area contributed by atoms with Gasteiger partial charge in [-0.3, -0.25) is 0 Å². The molecule has 6 heteroatoms. The van der Waals surface area contributed by atoms with Crippen molar-refractivity contribution in [2.45, 2.75) is 0 Å². The van der Waals surface area contributed by atoms with Crippen LogP contribution in [0.4, 0.5) is 11.5 Å². The van der Waals surface area contributed by atoms with E-state index in [9.17, 15) is 0 Å². The van der Waals surface area contributed by atoms with Crippen LogP contribution in [0.1, 0.15) is 0 Å². The third kappa shape index (κ3) is 2.81. The van der Waals surface area contributed by atoms with E-state index in [-0.39, 0.29) is 0 Å². The number of hydrogen-bond acceptors (Lipinski definition) is 5. The highest BCUT2D eigenvalue weighted by Gasteiger charge is 2.06. The summed E-state index contributed by atoms with van der Waals surface area (Å²) in [5, 5.41) is 3.20. The van der Waals surface area contributed by atoms with E-state index in [2.05, 4.69) is 37.9 Å². The highest BCUT2D eigenvalue weighted by atomic mass is 127. The van der Waals surface area contributed by atoms with Crippen molar-refractivity contribution in [2.24, 2.45) is 0 Å². The Labute approximate surface area is 119 Å². The summed E-state index contributed by atoms with van der Waals surface area (Å²) in [7, 11) is 3.22. The lowest BCUT2D eigenvalue weighted by Crippen LogP contribution is -1.98. The number of rotatable bonds is 4. The zero-order valence-corrected chi connectivity index (χ0v) is 12.1. The smallest absolute Gasteiger partial charge is 0.162 e. The summed E-state index contributed by atoms with van der Waals surface area (Å²) in [6, 6.07) is 5.60. The molecule has 2 aromatic rings. The molecule has 1 aromatic heterocycles. The quantitative estimate of drug-likeness (QED) is 0.853. The van der Waals surface area contributed by atoms with Gasteiger partial charge in [0.25, 0.3) is 0 Å². The number of methoxy groups -OCH3 is 2. The molecular formula is C12H12IN3O2. The molecule has 0 fully saturated rings. The summed E-state index contributed by atoms with van der Waals surface area (Å²) in [5.74, 6) is 2.13.